The van der Waals surface area contributed by atoms with Crippen LogP contribution in [0, 0.1) is 23.7 Å². The second kappa shape index (κ2) is 6.09. The number of phenols is 2. The fourth-order valence-electron chi connectivity index (χ4n) is 4.71. The summed E-state index contributed by atoms with van der Waals surface area (Å²) in [4.78, 5) is 0. The molecule has 2 bridgehead atoms. The first-order chi connectivity index (χ1) is 11.6. The summed E-state index contributed by atoms with van der Waals surface area (Å²) in [5.74, 6) is 3.10. The van der Waals surface area contributed by atoms with E-state index in [2.05, 4.69) is 28.0 Å². The van der Waals surface area contributed by atoms with Crippen molar-refractivity contribution >= 4 is 23.5 Å². The third-order valence-corrected chi connectivity index (χ3v) is 5.92. The fraction of sp³-hybridized carbons (Fsp3) is 0.444. The minimum atomic E-state index is -0.0217. The van der Waals surface area contributed by atoms with E-state index in [-0.39, 0.29) is 11.5 Å². The highest BCUT2D eigenvalue weighted by molar-refractivity contribution is 7.80. The van der Waals surface area contributed by atoms with E-state index >= 15 is 0 Å². The van der Waals surface area contributed by atoms with Gasteiger partial charge in [-0.25, -0.2) is 0 Å². The molecule has 0 radical (unpaired) electrons. The first-order valence-corrected chi connectivity index (χ1v) is 8.81. The number of fused-ring (bicyclic) bond motifs is 5. The lowest BCUT2D eigenvalue weighted by Gasteiger charge is -2.32. The lowest BCUT2D eigenvalue weighted by Crippen LogP contribution is -2.45. The van der Waals surface area contributed by atoms with Crippen LogP contribution in [0.5, 0.6) is 11.5 Å². The first kappa shape index (κ1) is 15.4. The van der Waals surface area contributed by atoms with Gasteiger partial charge in [-0.2, -0.15) is 5.10 Å². The Kier molecular flexibility index (Phi) is 3.92. The summed E-state index contributed by atoms with van der Waals surface area (Å²) in [6.45, 7) is 0. The molecule has 0 saturated heterocycles. The van der Waals surface area contributed by atoms with Gasteiger partial charge in [0.1, 0.15) is 11.5 Å². The molecule has 24 heavy (non-hydrogen) atoms. The minimum Gasteiger partial charge on any atom is -0.508 e. The van der Waals surface area contributed by atoms with E-state index in [9.17, 15) is 10.2 Å². The molecule has 1 aromatic carbocycles. The summed E-state index contributed by atoms with van der Waals surface area (Å²) in [6.07, 6.45) is 9.97. The van der Waals surface area contributed by atoms with Crippen molar-refractivity contribution in [3.8, 4) is 11.5 Å². The topological polar surface area (TPSA) is 76.9 Å². The van der Waals surface area contributed by atoms with Crippen LogP contribution in [0.2, 0.25) is 0 Å². The van der Waals surface area contributed by atoms with Crippen molar-refractivity contribution in [2.24, 2.45) is 28.8 Å². The van der Waals surface area contributed by atoms with Crippen LogP contribution in [0.25, 0.3) is 0 Å². The maximum absolute atomic E-state index is 9.71. The molecule has 0 aliphatic heterocycles. The standard InChI is InChI=1S/C18H21N3O2S/c22-12-5-4-10(17(23)8-12)9-19-21-18(24)20-16-7-11-6-15(16)14-3-1-2-13(11)14/h1,3-5,8-9,11,13-16,22-23H,2,6-7H2,(H2,20,21,24). The summed E-state index contributed by atoms with van der Waals surface area (Å²) in [6, 6.07) is 4.79. The zero-order valence-corrected chi connectivity index (χ0v) is 14.0. The van der Waals surface area contributed by atoms with Gasteiger partial charge in [0.25, 0.3) is 0 Å². The molecule has 4 rings (SSSR count). The molecular weight excluding hydrogens is 322 g/mol. The van der Waals surface area contributed by atoms with Crippen molar-refractivity contribution in [2.45, 2.75) is 25.3 Å². The average molecular weight is 343 g/mol. The van der Waals surface area contributed by atoms with Gasteiger partial charge < -0.3 is 15.5 Å². The van der Waals surface area contributed by atoms with Crippen LogP contribution in [-0.4, -0.2) is 27.6 Å². The molecule has 2 fully saturated rings. The van der Waals surface area contributed by atoms with Crippen molar-refractivity contribution in [1.82, 2.24) is 10.7 Å². The Balaban J connectivity index is 1.31. The molecule has 4 N–H and O–H groups in total. The van der Waals surface area contributed by atoms with Gasteiger partial charge in [0, 0.05) is 17.7 Å². The van der Waals surface area contributed by atoms with Crippen molar-refractivity contribution in [2.75, 3.05) is 0 Å². The zero-order chi connectivity index (χ0) is 16.7. The summed E-state index contributed by atoms with van der Waals surface area (Å²) in [5.41, 5.74) is 3.33. The highest BCUT2D eigenvalue weighted by Crippen LogP contribution is 2.56. The van der Waals surface area contributed by atoms with Crippen molar-refractivity contribution in [1.29, 1.82) is 0 Å². The molecule has 0 spiro atoms. The average Bonchev–Trinajstić information content (AvgIpc) is 3.21. The molecule has 1 aromatic rings. The van der Waals surface area contributed by atoms with E-state index in [4.69, 9.17) is 12.2 Å². The number of thiocarbonyl (C=S) groups is 1. The Morgan fingerprint density at radius 1 is 1.25 bits per heavy atom. The minimum absolute atomic E-state index is 0.0188. The van der Waals surface area contributed by atoms with Gasteiger partial charge in [-0.05, 0) is 67.3 Å². The summed E-state index contributed by atoms with van der Waals surface area (Å²) < 4.78 is 0. The van der Waals surface area contributed by atoms with Crippen LogP contribution in [0.15, 0.2) is 35.5 Å². The predicted molar refractivity (Wildman–Crippen MR) is 97.0 cm³/mol. The van der Waals surface area contributed by atoms with E-state index < -0.39 is 0 Å². The normalized spacial score (nSPS) is 33.1. The predicted octanol–water partition coefficient (Wildman–Crippen LogP) is 2.50. The molecule has 5 unspecified atom stereocenters. The molecular formula is C18H21N3O2S. The summed E-state index contributed by atoms with van der Waals surface area (Å²) in [7, 11) is 0. The summed E-state index contributed by atoms with van der Waals surface area (Å²) in [5, 5.41) is 27.0. The number of nitrogens with zero attached hydrogens (tertiary/aromatic N) is 1. The number of aromatic hydroxyl groups is 2. The molecule has 2 saturated carbocycles. The number of rotatable bonds is 3. The molecule has 126 valence electrons. The lowest BCUT2D eigenvalue weighted by atomic mass is 9.79. The molecule has 6 heteroatoms. The molecule has 5 nitrogen and oxygen atoms in total. The second-order valence-electron chi connectivity index (χ2n) is 6.99. The third kappa shape index (κ3) is 2.75. The number of benzene rings is 1. The Morgan fingerprint density at radius 3 is 2.96 bits per heavy atom. The monoisotopic (exact) mass is 343 g/mol. The number of hydrogen-bond donors (Lipinski definition) is 4. The highest BCUT2D eigenvalue weighted by Gasteiger charge is 2.52. The molecule has 5 atom stereocenters. The zero-order valence-electron chi connectivity index (χ0n) is 13.2. The largest absolute Gasteiger partial charge is 0.508 e. The van der Waals surface area contributed by atoms with Gasteiger partial charge in [0.05, 0.1) is 6.21 Å². The molecule has 3 aliphatic carbocycles. The Labute approximate surface area is 146 Å². The van der Waals surface area contributed by atoms with Gasteiger partial charge in [-0.1, -0.05) is 12.2 Å². The van der Waals surface area contributed by atoms with Gasteiger partial charge in [-0.3, -0.25) is 5.43 Å². The first-order valence-electron chi connectivity index (χ1n) is 8.40. The maximum Gasteiger partial charge on any atom is 0.187 e. The van der Waals surface area contributed by atoms with Crippen molar-refractivity contribution < 1.29 is 10.2 Å². The number of phenolic OH excluding ortho intramolecular Hbond substituents is 2. The Morgan fingerprint density at radius 2 is 2.12 bits per heavy atom. The van der Waals surface area contributed by atoms with Crippen LogP contribution in [0.4, 0.5) is 0 Å². The second-order valence-corrected chi connectivity index (χ2v) is 7.40. The van der Waals surface area contributed by atoms with Gasteiger partial charge in [0.2, 0.25) is 0 Å². The number of hydrogen-bond acceptors (Lipinski definition) is 4. The van der Waals surface area contributed by atoms with Crippen LogP contribution < -0.4 is 10.7 Å². The quantitative estimate of drug-likeness (QED) is 0.294. The van der Waals surface area contributed by atoms with E-state index in [0.717, 1.165) is 17.8 Å². The van der Waals surface area contributed by atoms with Gasteiger partial charge in [0.15, 0.2) is 5.11 Å². The maximum atomic E-state index is 9.71. The van der Waals surface area contributed by atoms with E-state index in [1.54, 1.807) is 6.07 Å². The third-order valence-electron chi connectivity index (χ3n) is 5.71. The number of allylic oxidation sites excluding steroid dienone is 2. The SMILES string of the molecule is Oc1ccc(C=NNC(=S)NC2CC3CC2C2C=CCC32)c(O)c1. The molecule has 0 amide bonds. The van der Waals surface area contributed by atoms with Crippen LogP contribution in [0.1, 0.15) is 24.8 Å². The van der Waals surface area contributed by atoms with Gasteiger partial charge >= 0.3 is 0 Å². The van der Waals surface area contributed by atoms with Crippen LogP contribution in [0.3, 0.4) is 0 Å². The van der Waals surface area contributed by atoms with Crippen LogP contribution in [-0.2, 0) is 0 Å². The number of nitrogens with one attached hydrogen (secondary N) is 2. The van der Waals surface area contributed by atoms with E-state index in [0.29, 0.717) is 22.6 Å². The Bertz CT molecular complexity index is 718. The molecule has 3 aliphatic rings. The van der Waals surface area contributed by atoms with Crippen molar-refractivity contribution in [3.63, 3.8) is 0 Å². The van der Waals surface area contributed by atoms with Gasteiger partial charge in [-0.15, -0.1) is 0 Å². The number of hydrazone groups is 1. The van der Waals surface area contributed by atoms with E-state index in [1.807, 2.05) is 0 Å². The smallest absolute Gasteiger partial charge is 0.187 e. The highest BCUT2D eigenvalue weighted by atomic mass is 32.1. The lowest BCUT2D eigenvalue weighted by molar-refractivity contribution is 0.246. The summed E-state index contributed by atoms with van der Waals surface area (Å²) >= 11 is 5.34. The molecule has 0 aromatic heterocycles. The Hall–Kier alpha value is -2.08. The fourth-order valence-corrected chi connectivity index (χ4v) is 4.92. The van der Waals surface area contributed by atoms with E-state index in [1.165, 1.54) is 37.6 Å². The van der Waals surface area contributed by atoms with Crippen molar-refractivity contribution in [3.05, 3.63) is 35.9 Å². The van der Waals surface area contributed by atoms with Crippen LogP contribution >= 0.6 is 12.2 Å². The molecule has 0 heterocycles.